The summed E-state index contributed by atoms with van der Waals surface area (Å²) in [5, 5.41) is 12.6. The van der Waals surface area contributed by atoms with E-state index < -0.39 is 23.6 Å². The van der Waals surface area contributed by atoms with Crippen LogP contribution in [0.3, 0.4) is 0 Å². The average Bonchev–Trinajstić information content (AvgIpc) is 2.82. The molecule has 1 atom stereocenters. The normalized spacial score (nSPS) is 14.0. The minimum absolute atomic E-state index is 0.284. The minimum atomic E-state index is -1.34. The number of amides is 1. The molecule has 1 aliphatic heterocycles. The fourth-order valence-electron chi connectivity index (χ4n) is 5.21. The molecule has 7 nitrogen and oxygen atoms in total. The highest BCUT2D eigenvalue weighted by Crippen LogP contribution is 2.46. The van der Waals surface area contributed by atoms with E-state index in [1.165, 1.54) is 0 Å². The lowest BCUT2D eigenvalue weighted by Gasteiger charge is -2.30. The maximum atomic E-state index is 12.7. The third kappa shape index (κ3) is 3.85. The second kappa shape index (κ2) is 8.60. The topological polar surface area (TPSA) is 112 Å². The Balaban J connectivity index is 1.98. The van der Waals surface area contributed by atoms with Crippen LogP contribution in [-0.4, -0.2) is 34.2 Å². The number of carbonyl (C=O) groups excluding carboxylic acids is 1. The molecule has 0 aliphatic carbocycles. The van der Waals surface area contributed by atoms with Gasteiger partial charge in [-0.25, -0.2) is 4.79 Å². The number of hydrogen-bond acceptors (Lipinski definition) is 5. The zero-order chi connectivity index (χ0) is 25.8. The van der Waals surface area contributed by atoms with Gasteiger partial charge in [-0.3, -0.25) is 9.78 Å². The molecule has 5 rings (SSSR count). The van der Waals surface area contributed by atoms with Crippen molar-refractivity contribution >= 4 is 33.6 Å². The third-order valence-electron chi connectivity index (χ3n) is 6.56. The first-order valence-corrected chi connectivity index (χ1v) is 11.9. The number of ether oxygens (including phenoxy) is 2. The van der Waals surface area contributed by atoms with Crippen molar-refractivity contribution in [3.05, 3.63) is 70.9 Å². The molecule has 7 heteroatoms. The maximum absolute atomic E-state index is 12.7. The number of nitrogens with two attached hydrogens (primary N) is 1. The van der Waals surface area contributed by atoms with Gasteiger partial charge in [-0.2, -0.15) is 0 Å². The smallest absolute Gasteiger partial charge is 0.337 e. The third-order valence-corrected chi connectivity index (χ3v) is 6.56. The molecular weight excluding hydrogens is 456 g/mol. The molecule has 0 radical (unpaired) electrons. The Morgan fingerprint density at radius 1 is 1.11 bits per heavy atom. The van der Waals surface area contributed by atoms with Crippen molar-refractivity contribution in [3.8, 4) is 16.9 Å². The number of primary amides is 1. The van der Waals surface area contributed by atoms with Crippen LogP contribution in [0.5, 0.6) is 5.75 Å². The standard InChI is InChI=1S/C29H28N2O5/c1-15-21(27(30)32)17-7-5-6-8-18(17)24(22(15)26(28(33)34)36-29(2,3)4)19-9-10-20-23-16(12-14-35-20)11-13-31-25(19)23/h5-11,13,26H,12,14H2,1-4H3,(H2,30,32)(H,33,34)/t26-/m0/s1. The Morgan fingerprint density at radius 3 is 2.50 bits per heavy atom. The molecule has 1 aliphatic rings. The van der Waals surface area contributed by atoms with Gasteiger partial charge in [0.1, 0.15) is 5.75 Å². The summed E-state index contributed by atoms with van der Waals surface area (Å²) in [6.45, 7) is 7.72. The SMILES string of the molecule is Cc1c([C@H](OC(C)(C)C)C(=O)O)c(-c2ccc3c4c(ccnc24)CCO3)c2ccccc2c1C(N)=O. The molecule has 0 saturated heterocycles. The van der Waals surface area contributed by atoms with E-state index >= 15 is 0 Å². The molecule has 3 N–H and O–H groups in total. The molecule has 4 aromatic rings. The predicted octanol–water partition coefficient (Wildman–Crippen LogP) is 5.34. The number of carboxylic acid groups (broad SMARTS) is 1. The zero-order valence-electron chi connectivity index (χ0n) is 20.7. The highest BCUT2D eigenvalue weighted by Gasteiger charge is 2.34. The van der Waals surface area contributed by atoms with E-state index in [0.717, 1.165) is 28.7 Å². The van der Waals surface area contributed by atoms with Gasteiger partial charge in [0.05, 0.1) is 23.3 Å². The van der Waals surface area contributed by atoms with E-state index in [1.54, 1.807) is 33.9 Å². The number of carbonyl (C=O) groups is 2. The first-order chi connectivity index (χ1) is 17.1. The first kappa shape index (κ1) is 23.8. The van der Waals surface area contributed by atoms with Crippen LogP contribution in [0.2, 0.25) is 0 Å². The highest BCUT2D eigenvalue weighted by atomic mass is 16.5. The minimum Gasteiger partial charge on any atom is -0.493 e. The van der Waals surface area contributed by atoms with Gasteiger partial charge in [-0.15, -0.1) is 0 Å². The van der Waals surface area contributed by atoms with Gasteiger partial charge in [-0.05, 0) is 73.4 Å². The molecule has 0 fully saturated rings. The quantitative estimate of drug-likeness (QED) is 0.396. The van der Waals surface area contributed by atoms with Crippen LogP contribution in [-0.2, 0) is 16.0 Å². The second-order valence-electron chi connectivity index (χ2n) is 10.1. The van der Waals surface area contributed by atoms with E-state index in [4.69, 9.17) is 20.2 Å². The fourth-order valence-corrected chi connectivity index (χ4v) is 5.21. The second-order valence-corrected chi connectivity index (χ2v) is 10.1. The molecule has 0 unspecified atom stereocenters. The number of pyridine rings is 1. The molecular formula is C29H28N2O5. The lowest BCUT2D eigenvalue weighted by Crippen LogP contribution is -2.29. The summed E-state index contributed by atoms with van der Waals surface area (Å²) >= 11 is 0. The van der Waals surface area contributed by atoms with Crippen LogP contribution < -0.4 is 10.5 Å². The Bertz CT molecular complexity index is 1540. The molecule has 0 saturated carbocycles. The lowest BCUT2D eigenvalue weighted by atomic mass is 9.82. The van der Waals surface area contributed by atoms with Crippen molar-refractivity contribution in [1.29, 1.82) is 0 Å². The van der Waals surface area contributed by atoms with Crippen LogP contribution in [0.25, 0.3) is 32.8 Å². The predicted molar refractivity (Wildman–Crippen MR) is 138 cm³/mol. The number of rotatable bonds is 5. The Morgan fingerprint density at radius 2 is 1.83 bits per heavy atom. The summed E-state index contributed by atoms with van der Waals surface area (Å²) in [5.41, 5.74) is 9.47. The Labute approximate surface area is 208 Å². The average molecular weight is 485 g/mol. The van der Waals surface area contributed by atoms with E-state index in [0.29, 0.717) is 39.6 Å². The van der Waals surface area contributed by atoms with E-state index in [2.05, 4.69) is 0 Å². The highest BCUT2D eigenvalue weighted by molar-refractivity contribution is 6.15. The van der Waals surface area contributed by atoms with Gasteiger partial charge in [0.25, 0.3) is 0 Å². The van der Waals surface area contributed by atoms with Crippen LogP contribution in [0.15, 0.2) is 48.7 Å². The summed E-state index contributed by atoms with van der Waals surface area (Å²) in [6, 6.07) is 13.2. The Kier molecular flexibility index (Phi) is 5.68. The molecule has 3 aromatic carbocycles. The summed E-state index contributed by atoms with van der Waals surface area (Å²) in [5.74, 6) is -1.03. The van der Waals surface area contributed by atoms with Crippen molar-refractivity contribution in [3.63, 3.8) is 0 Å². The molecule has 1 aromatic heterocycles. The van der Waals surface area contributed by atoms with Gasteiger partial charge in [0.2, 0.25) is 5.91 Å². The van der Waals surface area contributed by atoms with Gasteiger partial charge in [0, 0.05) is 29.1 Å². The van der Waals surface area contributed by atoms with Crippen molar-refractivity contribution < 1.29 is 24.2 Å². The number of hydrogen-bond donors (Lipinski definition) is 2. The van der Waals surface area contributed by atoms with Gasteiger partial charge >= 0.3 is 5.97 Å². The largest absolute Gasteiger partial charge is 0.493 e. The monoisotopic (exact) mass is 484 g/mol. The fraction of sp³-hybridized carbons (Fsp3) is 0.276. The molecule has 36 heavy (non-hydrogen) atoms. The lowest BCUT2D eigenvalue weighted by molar-refractivity contribution is -0.160. The first-order valence-electron chi connectivity index (χ1n) is 11.9. The van der Waals surface area contributed by atoms with Crippen molar-refractivity contribution in [2.75, 3.05) is 6.61 Å². The number of aromatic nitrogens is 1. The summed E-state index contributed by atoms with van der Waals surface area (Å²) in [4.78, 5) is 30.1. The number of nitrogens with zero attached hydrogens (tertiary/aromatic N) is 1. The van der Waals surface area contributed by atoms with E-state index in [-0.39, 0.29) is 5.56 Å². The number of carboxylic acids is 1. The molecule has 1 amide bonds. The molecule has 0 spiro atoms. The van der Waals surface area contributed by atoms with Crippen molar-refractivity contribution in [2.24, 2.45) is 5.73 Å². The molecule has 2 heterocycles. The van der Waals surface area contributed by atoms with Crippen LogP contribution in [0.1, 0.15) is 53.9 Å². The van der Waals surface area contributed by atoms with Gasteiger partial charge in [-0.1, -0.05) is 24.3 Å². The summed E-state index contributed by atoms with van der Waals surface area (Å²) < 4.78 is 12.0. The zero-order valence-corrected chi connectivity index (χ0v) is 20.7. The van der Waals surface area contributed by atoms with Crippen LogP contribution in [0, 0.1) is 6.92 Å². The van der Waals surface area contributed by atoms with Gasteiger partial charge in [0.15, 0.2) is 6.10 Å². The number of fused-ring (bicyclic) bond motifs is 1. The molecule has 184 valence electrons. The van der Waals surface area contributed by atoms with Crippen LogP contribution in [0.4, 0.5) is 0 Å². The number of aliphatic carboxylic acids is 1. The Hall–Kier alpha value is -3.97. The number of benzene rings is 3. The summed E-state index contributed by atoms with van der Waals surface area (Å²) in [7, 11) is 0. The van der Waals surface area contributed by atoms with Crippen LogP contribution >= 0.6 is 0 Å². The summed E-state index contributed by atoms with van der Waals surface area (Å²) in [6.07, 6.45) is 1.18. The van der Waals surface area contributed by atoms with E-state index in [1.807, 2.05) is 42.5 Å². The van der Waals surface area contributed by atoms with Gasteiger partial charge < -0.3 is 20.3 Å². The molecule has 0 bridgehead atoms. The maximum Gasteiger partial charge on any atom is 0.337 e. The van der Waals surface area contributed by atoms with E-state index in [9.17, 15) is 14.7 Å². The van der Waals surface area contributed by atoms with Crippen molar-refractivity contribution in [1.82, 2.24) is 4.98 Å². The van der Waals surface area contributed by atoms with Crippen molar-refractivity contribution in [2.45, 2.75) is 45.8 Å².